The van der Waals surface area contributed by atoms with Crippen molar-refractivity contribution in [3.63, 3.8) is 0 Å². The van der Waals surface area contributed by atoms with Crippen molar-refractivity contribution in [1.29, 1.82) is 0 Å². The topological polar surface area (TPSA) is 146 Å². The Kier molecular flexibility index (Phi) is 3.37. The van der Waals surface area contributed by atoms with Gasteiger partial charge in [0.25, 0.3) is 5.91 Å². The van der Waals surface area contributed by atoms with Gasteiger partial charge in [-0.1, -0.05) is 0 Å². The number of carbonyl (C=O) groups excluding carboxylic acids is 2. The number of rotatable bonds is 3. The highest BCUT2D eigenvalue weighted by molar-refractivity contribution is 5.99. The van der Waals surface area contributed by atoms with Gasteiger partial charge in [-0.25, -0.2) is 9.78 Å². The van der Waals surface area contributed by atoms with Gasteiger partial charge in [-0.05, 0) is 11.0 Å². The second kappa shape index (κ2) is 4.99. The molecule has 20 heavy (non-hydrogen) atoms. The molecule has 0 saturated carbocycles. The van der Waals surface area contributed by atoms with Crippen LogP contribution in [0.2, 0.25) is 0 Å². The number of H-pyrrole nitrogens is 1. The Bertz CT molecular complexity index is 594. The summed E-state index contributed by atoms with van der Waals surface area (Å²) < 4.78 is 0. The lowest BCUT2D eigenvalue weighted by Gasteiger charge is -2.31. The van der Waals surface area contributed by atoms with Crippen LogP contribution in [0, 0.1) is 10.1 Å². The summed E-state index contributed by atoms with van der Waals surface area (Å²) in [7, 11) is 0. The summed E-state index contributed by atoms with van der Waals surface area (Å²) in [5.41, 5.74) is -0.141. The molecule has 10 nitrogen and oxygen atoms in total. The molecule has 0 bridgehead atoms. The van der Waals surface area contributed by atoms with Crippen molar-refractivity contribution in [2.45, 2.75) is 6.04 Å². The lowest BCUT2D eigenvalue weighted by atomic mass is 10.1. The van der Waals surface area contributed by atoms with E-state index >= 15 is 0 Å². The van der Waals surface area contributed by atoms with Crippen molar-refractivity contribution in [2.24, 2.45) is 0 Å². The highest BCUT2D eigenvalue weighted by Crippen LogP contribution is 2.15. The second-order valence-electron chi connectivity index (χ2n) is 4.11. The Labute approximate surface area is 111 Å². The van der Waals surface area contributed by atoms with E-state index < -0.39 is 35.3 Å². The number of aromatic amines is 1. The Morgan fingerprint density at radius 2 is 2.15 bits per heavy atom. The van der Waals surface area contributed by atoms with Gasteiger partial charge < -0.3 is 25.4 Å². The van der Waals surface area contributed by atoms with E-state index in [4.69, 9.17) is 5.11 Å². The van der Waals surface area contributed by atoms with E-state index in [0.29, 0.717) is 0 Å². The maximum atomic E-state index is 12.1. The van der Waals surface area contributed by atoms with E-state index in [9.17, 15) is 24.5 Å². The number of carboxylic acid groups (broad SMARTS) is 1. The maximum Gasteiger partial charge on any atom is 0.328 e. The highest BCUT2D eigenvalue weighted by atomic mass is 16.6. The molecule has 0 radical (unpaired) electrons. The summed E-state index contributed by atoms with van der Waals surface area (Å²) in [5.74, 6) is -2.92. The van der Waals surface area contributed by atoms with Gasteiger partial charge in [0.15, 0.2) is 5.69 Å². The van der Waals surface area contributed by atoms with E-state index in [-0.39, 0.29) is 18.1 Å². The molecule has 1 aliphatic rings. The Balaban J connectivity index is 2.26. The van der Waals surface area contributed by atoms with Gasteiger partial charge in [0.05, 0.1) is 0 Å². The number of carbonyl (C=O) groups is 3. The molecule has 10 heteroatoms. The fraction of sp³-hybridized carbons (Fsp3) is 0.300. The summed E-state index contributed by atoms with van der Waals surface area (Å²) in [6.45, 7) is -0.620. The SMILES string of the molecule is O=C1CN(C(=O)c2ccc([N+](=O)[O-])[nH]2)C(C(=O)O)CN1. The van der Waals surface area contributed by atoms with Crippen molar-refractivity contribution < 1.29 is 24.4 Å². The first-order valence-electron chi connectivity index (χ1n) is 5.54. The first kappa shape index (κ1) is 13.5. The molecule has 106 valence electrons. The molecule has 0 aromatic carbocycles. The summed E-state index contributed by atoms with van der Waals surface area (Å²) in [6.07, 6.45) is 0. The zero-order chi connectivity index (χ0) is 14.9. The number of nitrogens with zero attached hydrogens (tertiary/aromatic N) is 2. The summed E-state index contributed by atoms with van der Waals surface area (Å²) in [5, 5.41) is 21.9. The Morgan fingerprint density at radius 3 is 2.70 bits per heavy atom. The van der Waals surface area contributed by atoms with Crippen LogP contribution < -0.4 is 5.32 Å². The molecule has 1 saturated heterocycles. The van der Waals surface area contributed by atoms with Crippen LogP contribution in [0.5, 0.6) is 0 Å². The van der Waals surface area contributed by atoms with Crippen LogP contribution in [-0.2, 0) is 9.59 Å². The van der Waals surface area contributed by atoms with Crippen molar-refractivity contribution in [3.8, 4) is 0 Å². The van der Waals surface area contributed by atoms with Gasteiger partial charge in [-0.2, -0.15) is 0 Å². The molecule has 0 spiro atoms. The number of nitrogens with one attached hydrogen (secondary N) is 2. The molecule has 2 rings (SSSR count). The van der Waals surface area contributed by atoms with Crippen molar-refractivity contribution in [2.75, 3.05) is 13.1 Å². The average Bonchev–Trinajstić information content (AvgIpc) is 2.87. The van der Waals surface area contributed by atoms with Gasteiger partial charge in [0, 0.05) is 12.6 Å². The molecule has 1 unspecified atom stereocenters. The highest BCUT2D eigenvalue weighted by Gasteiger charge is 2.37. The smallest absolute Gasteiger partial charge is 0.328 e. The number of nitro groups is 1. The van der Waals surface area contributed by atoms with Crippen LogP contribution in [0.15, 0.2) is 12.1 Å². The van der Waals surface area contributed by atoms with Crippen molar-refractivity contribution in [1.82, 2.24) is 15.2 Å². The molecule has 1 fully saturated rings. The Hall–Kier alpha value is -2.91. The second-order valence-corrected chi connectivity index (χ2v) is 4.11. The summed E-state index contributed by atoms with van der Waals surface area (Å²) >= 11 is 0. The van der Waals surface area contributed by atoms with Crippen molar-refractivity contribution in [3.05, 3.63) is 27.9 Å². The first-order chi connectivity index (χ1) is 9.40. The zero-order valence-corrected chi connectivity index (χ0v) is 10.0. The third-order valence-corrected chi connectivity index (χ3v) is 2.83. The number of hydrogen-bond donors (Lipinski definition) is 3. The predicted octanol–water partition coefficient (Wildman–Crippen LogP) is -1.05. The zero-order valence-electron chi connectivity index (χ0n) is 10.0. The molecule has 1 aromatic heterocycles. The van der Waals surface area contributed by atoms with Crippen LogP contribution in [0.1, 0.15) is 10.5 Å². The minimum absolute atomic E-state index is 0.141. The minimum Gasteiger partial charge on any atom is -0.480 e. The van der Waals surface area contributed by atoms with Crippen LogP contribution >= 0.6 is 0 Å². The average molecular weight is 282 g/mol. The molecule has 3 N–H and O–H groups in total. The largest absolute Gasteiger partial charge is 0.480 e. The fourth-order valence-electron chi connectivity index (χ4n) is 1.85. The number of aromatic nitrogens is 1. The lowest BCUT2D eigenvalue weighted by molar-refractivity contribution is -0.389. The number of carboxylic acids is 1. The molecule has 1 aromatic rings. The summed E-state index contributed by atoms with van der Waals surface area (Å²) in [4.78, 5) is 47.4. The van der Waals surface area contributed by atoms with Gasteiger partial charge in [-0.3, -0.25) is 9.59 Å². The monoisotopic (exact) mass is 282 g/mol. The number of aliphatic carboxylic acids is 1. The molecule has 2 amide bonds. The van der Waals surface area contributed by atoms with Gasteiger partial charge in [-0.15, -0.1) is 0 Å². The van der Waals surface area contributed by atoms with Gasteiger partial charge in [0.1, 0.15) is 12.6 Å². The van der Waals surface area contributed by atoms with Gasteiger partial charge in [0.2, 0.25) is 5.91 Å². The summed E-state index contributed by atoms with van der Waals surface area (Å²) in [6, 6.07) is 1.06. The quantitative estimate of drug-likeness (QED) is 0.476. The first-order valence-corrected chi connectivity index (χ1v) is 5.54. The standard InChI is InChI=1S/C10H10N4O6/c15-8-4-13(6(3-11-8)10(17)18)9(16)5-1-2-7(12-5)14(19)20/h1-2,6,12H,3-4H2,(H,11,15)(H,17,18). The van der Waals surface area contributed by atoms with Crippen LogP contribution in [0.4, 0.5) is 5.82 Å². The third kappa shape index (κ3) is 2.43. The Morgan fingerprint density at radius 1 is 1.45 bits per heavy atom. The molecule has 1 atom stereocenters. The van der Waals surface area contributed by atoms with Crippen LogP contribution in [-0.4, -0.2) is 56.8 Å². The van der Waals surface area contributed by atoms with Crippen molar-refractivity contribution >= 4 is 23.6 Å². The van der Waals surface area contributed by atoms with Crippen LogP contribution in [0.3, 0.4) is 0 Å². The lowest BCUT2D eigenvalue weighted by Crippen LogP contribution is -2.59. The molecular weight excluding hydrogens is 272 g/mol. The van der Waals surface area contributed by atoms with Crippen LogP contribution in [0.25, 0.3) is 0 Å². The van der Waals surface area contributed by atoms with E-state index in [1.54, 1.807) is 0 Å². The molecule has 2 heterocycles. The van der Waals surface area contributed by atoms with Gasteiger partial charge >= 0.3 is 11.8 Å². The predicted molar refractivity (Wildman–Crippen MR) is 62.9 cm³/mol. The van der Waals surface area contributed by atoms with E-state index in [2.05, 4.69) is 10.3 Å². The van der Waals surface area contributed by atoms with E-state index in [0.717, 1.165) is 11.0 Å². The minimum atomic E-state index is -1.26. The normalized spacial score (nSPS) is 18.5. The van der Waals surface area contributed by atoms with E-state index in [1.165, 1.54) is 6.07 Å². The maximum absolute atomic E-state index is 12.1. The number of piperazine rings is 1. The fourth-order valence-corrected chi connectivity index (χ4v) is 1.85. The molecule has 0 aliphatic carbocycles. The van der Waals surface area contributed by atoms with E-state index in [1.807, 2.05) is 0 Å². The molecular formula is C10H10N4O6. The molecule has 1 aliphatic heterocycles. The third-order valence-electron chi connectivity index (χ3n) is 2.83. The number of hydrogen-bond acceptors (Lipinski definition) is 5. The number of amides is 2.